The van der Waals surface area contributed by atoms with Crippen molar-refractivity contribution in [2.24, 2.45) is 0 Å². The minimum atomic E-state index is -0.460. The van der Waals surface area contributed by atoms with Gasteiger partial charge in [-0.05, 0) is 130 Å². The van der Waals surface area contributed by atoms with Crippen molar-refractivity contribution in [2.75, 3.05) is 4.90 Å². The Morgan fingerprint density at radius 3 is 1.26 bits per heavy atom. The Morgan fingerprint density at radius 1 is 0.242 bits per heavy atom. The maximum absolute atomic E-state index is 2.52. The summed E-state index contributed by atoms with van der Waals surface area (Å²) in [4.78, 5) is 2.52. The molecule has 0 saturated heterocycles. The second-order valence-corrected chi connectivity index (χ2v) is 16.7. The molecule has 0 N–H and O–H groups in total. The fraction of sp³-hybridized carbons (Fsp3) is 0.0164. The van der Waals surface area contributed by atoms with Crippen molar-refractivity contribution in [1.29, 1.82) is 0 Å². The third-order valence-electron chi connectivity index (χ3n) is 13.7. The number of hydrogen-bond acceptors (Lipinski definition) is 1. The van der Waals surface area contributed by atoms with Crippen molar-refractivity contribution < 1.29 is 0 Å². The molecule has 1 heteroatoms. The van der Waals surface area contributed by atoms with Crippen molar-refractivity contribution in [3.05, 3.63) is 259 Å². The molecule has 13 rings (SSSR count). The van der Waals surface area contributed by atoms with E-state index in [0.717, 1.165) is 17.1 Å². The van der Waals surface area contributed by atoms with Crippen LogP contribution in [0.1, 0.15) is 22.3 Å². The average Bonchev–Trinajstić information content (AvgIpc) is 3.82. The topological polar surface area (TPSA) is 3.24 Å². The van der Waals surface area contributed by atoms with Crippen LogP contribution in [0.2, 0.25) is 0 Å². The van der Waals surface area contributed by atoms with Gasteiger partial charge in [0.25, 0.3) is 0 Å². The Bertz CT molecular complexity index is 3480. The molecular formula is C61H39N. The first-order valence-electron chi connectivity index (χ1n) is 21.6. The van der Waals surface area contributed by atoms with Crippen molar-refractivity contribution in [1.82, 2.24) is 0 Å². The molecule has 0 atom stereocenters. The first-order valence-corrected chi connectivity index (χ1v) is 21.6. The predicted molar refractivity (Wildman–Crippen MR) is 261 cm³/mol. The van der Waals surface area contributed by atoms with Crippen molar-refractivity contribution in [2.45, 2.75) is 5.41 Å². The molecule has 0 bridgehead atoms. The van der Waals surface area contributed by atoms with Gasteiger partial charge in [-0.2, -0.15) is 0 Å². The molecular weight excluding hydrogens is 747 g/mol. The van der Waals surface area contributed by atoms with E-state index in [9.17, 15) is 0 Å². The maximum Gasteiger partial charge on any atom is 0.0726 e. The minimum Gasteiger partial charge on any atom is -0.310 e. The molecule has 0 fully saturated rings. The molecule has 2 aliphatic rings. The van der Waals surface area contributed by atoms with E-state index >= 15 is 0 Å². The van der Waals surface area contributed by atoms with E-state index in [-0.39, 0.29) is 0 Å². The molecule has 0 unspecified atom stereocenters. The lowest BCUT2D eigenvalue weighted by Gasteiger charge is -2.33. The summed E-state index contributed by atoms with van der Waals surface area (Å²) < 4.78 is 0. The highest BCUT2D eigenvalue weighted by Gasteiger charge is 2.51. The monoisotopic (exact) mass is 785 g/mol. The summed E-state index contributed by atoms with van der Waals surface area (Å²) in [6, 6.07) is 88.0. The molecule has 0 saturated carbocycles. The van der Waals surface area contributed by atoms with E-state index in [4.69, 9.17) is 0 Å². The standard InChI is InChI=1S/C61H39N/c1-3-17-40(18-4-1)42-31-36-60(54(37-42)41-19-5-2-6-20-41)62(43-32-34-49-47-23-8-7-21-45(47)46-22-9-10-24-48(46)55(49)38-43)44-33-35-53-52-27-13-16-30-58(52)61(59(53)39-44)56-28-14-11-25-50(56)51-26-12-15-29-57(51)61/h1-39H. The third kappa shape index (κ3) is 4.91. The summed E-state index contributed by atoms with van der Waals surface area (Å²) in [5.41, 5.74) is 18.2. The normalized spacial score (nSPS) is 13.0. The quantitative estimate of drug-likeness (QED) is 0.157. The zero-order valence-electron chi connectivity index (χ0n) is 34.0. The number of rotatable bonds is 5. The van der Waals surface area contributed by atoms with Gasteiger partial charge in [0.1, 0.15) is 0 Å². The van der Waals surface area contributed by atoms with Gasteiger partial charge in [-0.3, -0.25) is 0 Å². The van der Waals surface area contributed by atoms with Crippen LogP contribution in [0.4, 0.5) is 17.1 Å². The summed E-state index contributed by atoms with van der Waals surface area (Å²) in [7, 11) is 0. The van der Waals surface area contributed by atoms with E-state index in [1.54, 1.807) is 0 Å². The lowest BCUT2D eigenvalue weighted by Crippen LogP contribution is -2.26. The van der Waals surface area contributed by atoms with Gasteiger partial charge >= 0.3 is 0 Å². The molecule has 11 aromatic carbocycles. The second kappa shape index (κ2) is 13.5. The number of nitrogens with zero attached hydrogens (tertiary/aromatic N) is 1. The minimum absolute atomic E-state index is 0.460. The Labute approximate surface area is 361 Å². The van der Waals surface area contributed by atoms with Gasteiger partial charge in [-0.1, -0.05) is 200 Å². The van der Waals surface area contributed by atoms with Gasteiger partial charge in [0.2, 0.25) is 0 Å². The molecule has 1 spiro atoms. The van der Waals surface area contributed by atoms with Crippen LogP contribution in [0.3, 0.4) is 0 Å². The number of hydrogen-bond donors (Lipinski definition) is 0. The van der Waals surface area contributed by atoms with Crippen molar-refractivity contribution in [3.63, 3.8) is 0 Å². The van der Waals surface area contributed by atoms with Gasteiger partial charge < -0.3 is 4.90 Å². The zero-order chi connectivity index (χ0) is 40.8. The fourth-order valence-electron chi connectivity index (χ4n) is 11.1. The van der Waals surface area contributed by atoms with Crippen LogP contribution in [-0.2, 0) is 5.41 Å². The second-order valence-electron chi connectivity index (χ2n) is 16.7. The molecule has 0 heterocycles. The first-order chi connectivity index (χ1) is 30.8. The Kier molecular flexibility index (Phi) is 7.59. The van der Waals surface area contributed by atoms with E-state index in [0.29, 0.717) is 0 Å². The highest BCUT2D eigenvalue weighted by atomic mass is 15.1. The average molecular weight is 786 g/mol. The van der Waals surface area contributed by atoms with Crippen LogP contribution in [0.15, 0.2) is 237 Å². The smallest absolute Gasteiger partial charge is 0.0726 e. The van der Waals surface area contributed by atoms with Crippen LogP contribution in [0.25, 0.3) is 76.8 Å². The van der Waals surface area contributed by atoms with Crippen LogP contribution < -0.4 is 4.90 Å². The van der Waals surface area contributed by atoms with Gasteiger partial charge in [-0.25, -0.2) is 0 Å². The molecule has 0 aromatic heterocycles. The van der Waals surface area contributed by atoms with Gasteiger partial charge in [0, 0.05) is 16.9 Å². The zero-order valence-corrected chi connectivity index (χ0v) is 34.0. The maximum atomic E-state index is 2.52. The summed E-state index contributed by atoms with van der Waals surface area (Å²) in [5.74, 6) is 0. The van der Waals surface area contributed by atoms with E-state index in [1.807, 2.05) is 0 Å². The molecule has 11 aromatic rings. The van der Waals surface area contributed by atoms with E-state index in [2.05, 4.69) is 241 Å². The SMILES string of the molecule is c1ccc(-c2ccc(N(c3ccc4c(c3)C3(c5ccccc5-c5ccccc53)c3ccccc3-4)c3ccc4c5ccccc5c5ccccc5c4c3)c(-c3ccccc3)c2)cc1. The van der Waals surface area contributed by atoms with Crippen LogP contribution in [0.5, 0.6) is 0 Å². The highest BCUT2D eigenvalue weighted by molar-refractivity contribution is 6.26. The molecule has 288 valence electrons. The Hall–Kier alpha value is -8.00. The summed E-state index contributed by atoms with van der Waals surface area (Å²) >= 11 is 0. The highest BCUT2D eigenvalue weighted by Crippen LogP contribution is 2.63. The molecule has 62 heavy (non-hydrogen) atoms. The van der Waals surface area contributed by atoms with Crippen molar-refractivity contribution >= 4 is 49.4 Å². The van der Waals surface area contributed by atoms with Gasteiger partial charge in [-0.15, -0.1) is 0 Å². The van der Waals surface area contributed by atoms with Gasteiger partial charge in [0.15, 0.2) is 0 Å². The summed E-state index contributed by atoms with van der Waals surface area (Å²) in [5, 5.41) is 7.58. The van der Waals surface area contributed by atoms with Gasteiger partial charge in [0.05, 0.1) is 11.1 Å². The summed E-state index contributed by atoms with van der Waals surface area (Å²) in [6.07, 6.45) is 0. The lowest BCUT2D eigenvalue weighted by molar-refractivity contribution is 0.793. The molecule has 0 radical (unpaired) electrons. The number of fused-ring (bicyclic) bond motifs is 16. The molecule has 2 aliphatic carbocycles. The van der Waals surface area contributed by atoms with Crippen LogP contribution >= 0.6 is 0 Å². The third-order valence-corrected chi connectivity index (χ3v) is 13.7. The largest absolute Gasteiger partial charge is 0.310 e. The summed E-state index contributed by atoms with van der Waals surface area (Å²) in [6.45, 7) is 0. The predicted octanol–water partition coefficient (Wildman–Crippen LogP) is 16.3. The fourth-order valence-corrected chi connectivity index (χ4v) is 11.1. The Morgan fingerprint density at radius 2 is 0.677 bits per heavy atom. The first kappa shape index (κ1) is 34.8. The van der Waals surface area contributed by atoms with Crippen molar-refractivity contribution in [3.8, 4) is 44.5 Å². The molecule has 0 aliphatic heterocycles. The number of benzene rings is 11. The van der Waals surface area contributed by atoms with Crippen LogP contribution in [0, 0.1) is 0 Å². The van der Waals surface area contributed by atoms with Crippen LogP contribution in [-0.4, -0.2) is 0 Å². The van der Waals surface area contributed by atoms with E-state index < -0.39 is 5.41 Å². The Balaban J connectivity index is 1.12. The lowest BCUT2D eigenvalue weighted by atomic mass is 9.70. The molecule has 1 nitrogen and oxygen atoms in total. The molecule has 0 amide bonds. The number of anilines is 3. The van der Waals surface area contributed by atoms with E-state index in [1.165, 1.54) is 99.1 Å².